The fourth-order valence-corrected chi connectivity index (χ4v) is 1.83. The van der Waals surface area contributed by atoms with Crippen LogP contribution in [0.25, 0.3) is 0 Å². The van der Waals surface area contributed by atoms with Crippen LogP contribution in [0, 0.1) is 11.7 Å². The molecular formula is C14H18F3NO3. The highest BCUT2D eigenvalue weighted by Gasteiger charge is 2.21. The van der Waals surface area contributed by atoms with E-state index in [9.17, 15) is 18.0 Å². The van der Waals surface area contributed by atoms with Crippen LogP contribution >= 0.6 is 0 Å². The number of aliphatic hydroxyl groups is 1. The van der Waals surface area contributed by atoms with Crippen LogP contribution in [-0.4, -0.2) is 30.3 Å². The van der Waals surface area contributed by atoms with Crippen LogP contribution < -0.4 is 10.1 Å². The number of aliphatic hydroxyl groups excluding tert-OH is 1. The summed E-state index contributed by atoms with van der Waals surface area (Å²) >= 11 is 0. The molecule has 0 spiro atoms. The molecule has 0 aliphatic rings. The van der Waals surface area contributed by atoms with Crippen molar-refractivity contribution < 1.29 is 27.8 Å². The topological polar surface area (TPSA) is 58.6 Å². The predicted octanol–water partition coefficient (Wildman–Crippen LogP) is 2.56. The monoisotopic (exact) mass is 305 g/mol. The minimum Gasteiger partial charge on any atom is -0.434 e. The Labute approximate surface area is 120 Å². The Balaban J connectivity index is 2.95. The molecule has 1 rings (SSSR count). The van der Waals surface area contributed by atoms with E-state index in [0.717, 1.165) is 18.2 Å². The molecule has 1 atom stereocenters. The minimum absolute atomic E-state index is 0.0426. The van der Waals surface area contributed by atoms with Crippen LogP contribution in [0.3, 0.4) is 0 Å². The average molecular weight is 305 g/mol. The lowest BCUT2D eigenvalue weighted by Crippen LogP contribution is -2.39. The molecule has 0 saturated carbocycles. The number of amides is 1. The number of ether oxygens (including phenoxy) is 1. The van der Waals surface area contributed by atoms with Crippen LogP contribution in [0.4, 0.5) is 13.2 Å². The lowest BCUT2D eigenvalue weighted by atomic mass is 10.0. The zero-order valence-corrected chi connectivity index (χ0v) is 11.8. The Morgan fingerprint density at radius 3 is 2.57 bits per heavy atom. The number of carbonyl (C=O) groups is 1. The van der Waals surface area contributed by atoms with Crippen molar-refractivity contribution in [1.82, 2.24) is 5.32 Å². The Hall–Kier alpha value is -1.76. The van der Waals surface area contributed by atoms with Gasteiger partial charge in [0.05, 0.1) is 5.56 Å². The van der Waals surface area contributed by atoms with Crippen LogP contribution in [0.5, 0.6) is 5.75 Å². The van der Waals surface area contributed by atoms with Gasteiger partial charge in [-0.05, 0) is 24.5 Å². The third-order valence-electron chi connectivity index (χ3n) is 2.97. The first kappa shape index (κ1) is 17.3. The smallest absolute Gasteiger partial charge is 0.387 e. The largest absolute Gasteiger partial charge is 0.434 e. The maximum Gasteiger partial charge on any atom is 0.387 e. The van der Waals surface area contributed by atoms with Gasteiger partial charge in [-0.3, -0.25) is 4.79 Å². The number of carbonyl (C=O) groups excluding carboxylic acids is 1. The van der Waals surface area contributed by atoms with E-state index in [-0.39, 0.29) is 24.1 Å². The molecule has 0 heterocycles. The first-order valence-electron chi connectivity index (χ1n) is 6.51. The molecule has 0 radical (unpaired) electrons. The summed E-state index contributed by atoms with van der Waals surface area (Å²) in [5, 5.41) is 11.6. The predicted molar refractivity (Wildman–Crippen MR) is 70.8 cm³/mol. The number of nitrogens with one attached hydrogen (secondary N) is 1. The normalized spacial score (nSPS) is 12.6. The van der Waals surface area contributed by atoms with Gasteiger partial charge >= 0.3 is 6.61 Å². The maximum atomic E-state index is 13.1. The summed E-state index contributed by atoms with van der Waals surface area (Å²) in [5.41, 5.74) is -0.180. The van der Waals surface area contributed by atoms with Gasteiger partial charge in [-0.1, -0.05) is 13.8 Å². The van der Waals surface area contributed by atoms with E-state index >= 15 is 0 Å². The summed E-state index contributed by atoms with van der Waals surface area (Å²) in [7, 11) is 0. The molecule has 1 amide bonds. The number of rotatable bonds is 7. The van der Waals surface area contributed by atoms with Crippen molar-refractivity contribution in [3.05, 3.63) is 29.6 Å². The molecule has 4 nitrogen and oxygen atoms in total. The van der Waals surface area contributed by atoms with Crippen LogP contribution in [0.1, 0.15) is 30.6 Å². The van der Waals surface area contributed by atoms with Gasteiger partial charge < -0.3 is 15.2 Å². The van der Waals surface area contributed by atoms with Gasteiger partial charge in [0.1, 0.15) is 11.6 Å². The fourth-order valence-electron chi connectivity index (χ4n) is 1.83. The summed E-state index contributed by atoms with van der Waals surface area (Å²) in [4.78, 5) is 12.1. The molecule has 2 N–H and O–H groups in total. The summed E-state index contributed by atoms with van der Waals surface area (Å²) in [6, 6.07) is 2.48. The van der Waals surface area contributed by atoms with Gasteiger partial charge in [-0.15, -0.1) is 0 Å². The molecule has 1 unspecified atom stereocenters. The van der Waals surface area contributed by atoms with Crippen molar-refractivity contribution in [3.63, 3.8) is 0 Å². The lowest BCUT2D eigenvalue weighted by molar-refractivity contribution is -0.0503. The zero-order chi connectivity index (χ0) is 16.0. The van der Waals surface area contributed by atoms with Crippen LogP contribution in [0.2, 0.25) is 0 Å². The maximum absolute atomic E-state index is 13.1. The molecule has 0 aliphatic carbocycles. The Morgan fingerprint density at radius 1 is 1.38 bits per heavy atom. The Bertz CT molecular complexity index is 481. The van der Waals surface area contributed by atoms with E-state index in [2.05, 4.69) is 10.1 Å². The Morgan fingerprint density at radius 2 is 2.05 bits per heavy atom. The van der Waals surface area contributed by atoms with E-state index < -0.39 is 24.1 Å². The lowest BCUT2D eigenvalue weighted by Gasteiger charge is -2.22. The molecule has 0 aliphatic heterocycles. The van der Waals surface area contributed by atoms with Crippen LogP contribution in [-0.2, 0) is 0 Å². The standard InChI is InChI=1S/C14H18F3NO3/c1-8(2)11(5-6-19)18-13(20)10-4-3-9(15)7-12(10)21-14(16)17/h3-4,7-8,11,14,19H,5-6H2,1-2H3,(H,18,20). The molecular weight excluding hydrogens is 287 g/mol. The first-order chi connectivity index (χ1) is 9.85. The average Bonchev–Trinajstić information content (AvgIpc) is 2.37. The summed E-state index contributed by atoms with van der Waals surface area (Å²) < 4.78 is 41.8. The second-order valence-electron chi connectivity index (χ2n) is 4.86. The number of hydrogen-bond donors (Lipinski definition) is 2. The van der Waals surface area contributed by atoms with Gasteiger partial charge in [0, 0.05) is 18.7 Å². The van der Waals surface area contributed by atoms with Crippen molar-refractivity contribution in [2.45, 2.75) is 32.9 Å². The van der Waals surface area contributed by atoms with Crippen molar-refractivity contribution in [3.8, 4) is 5.75 Å². The van der Waals surface area contributed by atoms with E-state index in [1.165, 1.54) is 0 Å². The first-order valence-corrected chi connectivity index (χ1v) is 6.51. The van der Waals surface area contributed by atoms with Gasteiger partial charge in [0.2, 0.25) is 0 Å². The highest BCUT2D eigenvalue weighted by atomic mass is 19.3. The van der Waals surface area contributed by atoms with Crippen molar-refractivity contribution in [2.75, 3.05) is 6.61 Å². The number of hydrogen-bond acceptors (Lipinski definition) is 3. The Kier molecular flexibility index (Phi) is 6.48. The summed E-state index contributed by atoms with van der Waals surface area (Å²) in [6.45, 7) is 0.424. The molecule has 1 aromatic carbocycles. The highest BCUT2D eigenvalue weighted by molar-refractivity contribution is 5.97. The minimum atomic E-state index is -3.16. The molecule has 118 valence electrons. The number of benzene rings is 1. The second-order valence-corrected chi connectivity index (χ2v) is 4.86. The third kappa shape index (κ3) is 5.26. The number of alkyl halides is 2. The molecule has 1 aromatic rings. The third-order valence-corrected chi connectivity index (χ3v) is 2.97. The molecule has 0 fully saturated rings. The van der Waals surface area contributed by atoms with Gasteiger partial charge in [-0.25, -0.2) is 4.39 Å². The van der Waals surface area contributed by atoms with E-state index in [4.69, 9.17) is 5.11 Å². The van der Waals surface area contributed by atoms with Gasteiger partial charge in [0.15, 0.2) is 0 Å². The van der Waals surface area contributed by atoms with Gasteiger partial charge in [-0.2, -0.15) is 8.78 Å². The van der Waals surface area contributed by atoms with Crippen molar-refractivity contribution in [1.29, 1.82) is 0 Å². The molecule has 0 saturated heterocycles. The van der Waals surface area contributed by atoms with Crippen LogP contribution in [0.15, 0.2) is 18.2 Å². The summed E-state index contributed by atoms with van der Waals surface area (Å²) in [6.07, 6.45) is 0.329. The molecule has 21 heavy (non-hydrogen) atoms. The molecule has 0 bridgehead atoms. The summed E-state index contributed by atoms with van der Waals surface area (Å²) in [5.74, 6) is -1.91. The SMILES string of the molecule is CC(C)C(CCO)NC(=O)c1ccc(F)cc1OC(F)F. The fraction of sp³-hybridized carbons (Fsp3) is 0.500. The van der Waals surface area contributed by atoms with E-state index in [0.29, 0.717) is 6.42 Å². The molecule has 0 aromatic heterocycles. The van der Waals surface area contributed by atoms with Crippen molar-refractivity contribution >= 4 is 5.91 Å². The molecule has 7 heteroatoms. The van der Waals surface area contributed by atoms with Gasteiger partial charge in [0.25, 0.3) is 5.91 Å². The second kappa shape index (κ2) is 7.87. The van der Waals surface area contributed by atoms with Crippen molar-refractivity contribution in [2.24, 2.45) is 5.92 Å². The number of halogens is 3. The highest BCUT2D eigenvalue weighted by Crippen LogP contribution is 2.22. The van der Waals surface area contributed by atoms with E-state index in [1.54, 1.807) is 0 Å². The quantitative estimate of drug-likeness (QED) is 0.814. The van der Waals surface area contributed by atoms with E-state index in [1.807, 2.05) is 13.8 Å². The zero-order valence-electron chi connectivity index (χ0n) is 11.8.